The van der Waals surface area contributed by atoms with E-state index >= 15 is 0 Å². The average Bonchev–Trinajstić information content (AvgIpc) is 3.36. The third-order valence-electron chi connectivity index (χ3n) is 6.07. The van der Waals surface area contributed by atoms with Gasteiger partial charge in [0.1, 0.15) is 29.1 Å². The predicted molar refractivity (Wildman–Crippen MR) is 113 cm³/mol. The van der Waals surface area contributed by atoms with Crippen LogP contribution < -0.4 is 16.2 Å². The minimum atomic E-state index is -0.222. The summed E-state index contributed by atoms with van der Waals surface area (Å²) < 4.78 is 7.26. The molecule has 5 N–H and O–H groups in total. The fourth-order valence-corrected chi connectivity index (χ4v) is 4.49. The molecule has 0 unspecified atom stereocenters. The Morgan fingerprint density at radius 2 is 2.07 bits per heavy atom. The fraction of sp³-hybridized carbons (Fsp3) is 0.333. The molecule has 9 nitrogen and oxygen atoms in total. The molecule has 5 rings (SSSR count). The molecule has 3 aromatic heterocycles. The third kappa shape index (κ3) is 2.85. The van der Waals surface area contributed by atoms with Gasteiger partial charge in [-0.05, 0) is 37.8 Å². The number of benzene rings is 1. The van der Waals surface area contributed by atoms with Gasteiger partial charge in [0.05, 0.1) is 18.3 Å². The Bertz CT molecular complexity index is 1250. The van der Waals surface area contributed by atoms with E-state index in [9.17, 15) is 4.79 Å². The van der Waals surface area contributed by atoms with Crippen molar-refractivity contribution < 1.29 is 9.53 Å². The molecule has 0 spiro atoms. The molecule has 1 aromatic carbocycles. The number of hydrogen-bond donors (Lipinski definition) is 3. The number of ether oxygens (including phenoxy) is 1. The summed E-state index contributed by atoms with van der Waals surface area (Å²) in [6.45, 7) is 0. The van der Waals surface area contributed by atoms with Gasteiger partial charge in [-0.15, -0.1) is 0 Å². The van der Waals surface area contributed by atoms with Crippen LogP contribution in [0.25, 0.3) is 27.8 Å². The SMILES string of the molecule is COc1cccc2cc(-c3nc([C@H]4CC[C@H](C(N)=O)CC4)n4ncnc(N)c34)[nH]c12. The van der Waals surface area contributed by atoms with Gasteiger partial charge in [0.15, 0.2) is 5.82 Å². The maximum atomic E-state index is 11.5. The Hall–Kier alpha value is -3.62. The number of carbonyl (C=O) groups is 1. The smallest absolute Gasteiger partial charge is 0.220 e. The zero-order chi connectivity index (χ0) is 20.8. The van der Waals surface area contributed by atoms with Gasteiger partial charge >= 0.3 is 0 Å². The Balaban J connectivity index is 1.63. The van der Waals surface area contributed by atoms with Crippen molar-refractivity contribution >= 4 is 28.1 Å². The number of nitrogen functional groups attached to an aromatic ring is 1. The van der Waals surface area contributed by atoms with Crippen LogP contribution in [-0.4, -0.2) is 37.6 Å². The number of nitrogens with two attached hydrogens (primary N) is 2. The second-order valence-electron chi connectivity index (χ2n) is 7.78. The van der Waals surface area contributed by atoms with E-state index in [1.165, 1.54) is 6.33 Å². The van der Waals surface area contributed by atoms with E-state index < -0.39 is 0 Å². The van der Waals surface area contributed by atoms with Gasteiger partial charge < -0.3 is 21.2 Å². The number of amides is 1. The second-order valence-corrected chi connectivity index (χ2v) is 7.78. The minimum absolute atomic E-state index is 0.0622. The lowest BCUT2D eigenvalue weighted by Crippen LogP contribution is -2.27. The molecule has 1 aliphatic rings. The fourth-order valence-electron chi connectivity index (χ4n) is 4.49. The van der Waals surface area contributed by atoms with Gasteiger partial charge in [-0.1, -0.05) is 12.1 Å². The quantitative estimate of drug-likeness (QED) is 0.477. The first kappa shape index (κ1) is 18.4. The molecule has 4 aromatic rings. The first-order valence-electron chi connectivity index (χ1n) is 10.0. The summed E-state index contributed by atoms with van der Waals surface area (Å²) in [6, 6.07) is 7.90. The summed E-state index contributed by atoms with van der Waals surface area (Å²) in [5.41, 5.74) is 14.8. The Labute approximate surface area is 172 Å². The lowest BCUT2D eigenvalue weighted by Gasteiger charge is -2.25. The minimum Gasteiger partial charge on any atom is -0.495 e. The van der Waals surface area contributed by atoms with Crippen molar-refractivity contribution in [1.29, 1.82) is 0 Å². The van der Waals surface area contributed by atoms with Crippen molar-refractivity contribution in [3.05, 3.63) is 36.4 Å². The van der Waals surface area contributed by atoms with E-state index in [0.717, 1.165) is 53.9 Å². The van der Waals surface area contributed by atoms with E-state index in [-0.39, 0.29) is 17.7 Å². The summed E-state index contributed by atoms with van der Waals surface area (Å²) in [4.78, 5) is 24.1. The number of fused-ring (bicyclic) bond motifs is 2. The van der Waals surface area contributed by atoms with Crippen LogP contribution in [0.15, 0.2) is 30.6 Å². The number of hydrogen-bond acceptors (Lipinski definition) is 6. The highest BCUT2D eigenvalue weighted by Gasteiger charge is 2.30. The van der Waals surface area contributed by atoms with Crippen molar-refractivity contribution in [2.75, 3.05) is 12.8 Å². The number of primary amides is 1. The van der Waals surface area contributed by atoms with E-state index in [2.05, 4.69) is 15.1 Å². The Morgan fingerprint density at radius 1 is 1.27 bits per heavy atom. The third-order valence-corrected chi connectivity index (χ3v) is 6.07. The molecule has 9 heteroatoms. The highest BCUT2D eigenvalue weighted by molar-refractivity contribution is 5.93. The van der Waals surface area contributed by atoms with Gasteiger partial charge in [0.25, 0.3) is 0 Å². The Kier molecular flexibility index (Phi) is 4.30. The topological polar surface area (TPSA) is 137 Å². The molecule has 0 radical (unpaired) electrons. The molecule has 0 bridgehead atoms. The number of methoxy groups -OCH3 is 1. The monoisotopic (exact) mass is 405 g/mol. The van der Waals surface area contributed by atoms with Crippen molar-refractivity contribution in [3.63, 3.8) is 0 Å². The number of aromatic nitrogens is 5. The van der Waals surface area contributed by atoms with Crippen LogP contribution in [0.4, 0.5) is 5.82 Å². The Morgan fingerprint density at radius 3 is 2.80 bits per heavy atom. The number of aromatic amines is 1. The predicted octanol–water partition coefficient (Wildman–Crippen LogP) is 2.62. The number of carbonyl (C=O) groups excluding carboxylic acids is 1. The standard InChI is InChI=1S/C21H23N7O2/c1-30-15-4-2-3-13-9-14(26-16(13)15)17-18-19(22)24-10-25-28(18)21(27-17)12-7-5-11(6-8-12)20(23)29/h2-4,9-12,26H,5-8H2,1H3,(H2,23,29)(H2,22,24,25)/t11-,12-. The number of para-hydroxylation sites is 1. The molecule has 1 amide bonds. The molecule has 1 saturated carbocycles. The number of anilines is 1. The van der Waals surface area contributed by atoms with Crippen molar-refractivity contribution in [1.82, 2.24) is 24.6 Å². The van der Waals surface area contributed by atoms with Crippen LogP contribution in [0.5, 0.6) is 5.75 Å². The zero-order valence-electron chi connectivity index (χ0n) is 16.6. The number of nitrogens with one attached hydrogen (secondary N) is 1. The molecule has 3 heterocycles. The zero-order valence-corrected chi connectivity index (χ0v) is 16.6. The molecule has 0 aliphatic heterocycles. The van der Waals surface area contributed by atoms with Gasteiger partial charge in [-0.2, -0.15) is 5.10 Å². The van der Waals surface area contributed by atoms with Gasteiger partial charge in [-0.3, -0.25) is 4.79 Å². The molecule has 1 fully saturated rings. The lowest BCUT2D eigenvalue weighted by molar-refractivity contribution is -0.122. The van der Waals surface area contributed by atoms with Crippen LogP contribution in [0, 0.1) is 5.92 Å². The summed E-state index contributed by atoms with van der Waals surface area (Å²) >= 11 is 0. The summed E-state index contributed by atoms with van der Waals surface area (Å²) in [7, 11) is 1.65. The first-order chi connectivity index (χ1) is 14.6. The van der Waals surface area contributed by atoms with Crippen LogP contribution in [-0.2, 0) is 4.79 Å². The highest BCUT2D eigenvalue weighted by Crippen LogP contribution is 2.39. The summed E-state index contributed by atoms with van der Waals surface area (Å²) in [6.07, 6.45) is 4.62. The highest BCUT2D eigenvalue weighted by atomic mass is 16.5. The van der Waals surface area contributed by atoms with Gasteiger partial charge in [0, 0.05) is 17.2 Å². The first-order valence-corrected chi connectivity index (χ1v) is 10.0. The van der Waals surface area contributed by atoms with Crippen molar-refractivity contribution in [2.45, 2.75) is 31.6 Å². The van der Waals surface area contributed by atoms with Crippen LogP contribution in [0.3, 0.4) is 0 Å². The largest absolute Gasteiger partial charge is 0.495 e. The lowest BCUT2D eigenvalue weighted by atomic mass is 9.81. The van der Waals surface area contributed by atoms with E-state index in [4.69, 9.17) is 21.2 Å². The maximum absolute atomic E-state index is 11.5. The van der Waals surface area contributed by atoms with Gasteiger partial charge in [0.2, 0.25) is 5.91 Å². The molecule has 1 aliphatic carbocycles. The van der Waals surface area contributed by atoms with Crippen LogP contribution >= 0.6 is 0 Å². The number of imidazole rings is 1. The van der Waals surface area contributed by atoms with Crippen LogP contribution in [0.2, 0.25) is 0 Å². The molecule has 0 saturated heterocycles. The molecule has 0 atom stereocenters. The van der Waals surface area contributed by atoms with E-state index in [1.807, 2.05) is 24.3 Å². The van der Waals surface area contributed by atoms with Gasteiger partial charge in [-0.25, -0.2) is 14.5 Å². The maximum Gasteiger partial charge on any atom is 0.220 e. The number of rotatable bonds is 4. The normalized spacial score (nSPS) is 19.4. The summed E-state index contributed by atoms with van der Waals surface area (Å²) in [5, 5.41) is 5.46. The number of H-pyrrole nitrogens is 1. The van der Waals surface area contributed by atoms with E-state index in [0.29, 0.717) is 17.0 Å². The number of nitrogens with zero attached hydrogens (tertiary/aromatic N) is 4. The average molecular weight is 405 g/mol. The van der Waals surface area contributed by atoms with E-state index in [1.54, 1.807) is 11.6 Å². The van der Waals surface area contributed by atoms with Crippen molar-refractivity contribution in [2.24, 2.45) is 11.7 Å². The van der Waals surface area contributed by atoms with Crippen LogP contribution in [0.1, 0.15) is 37.4 Å². The van der Waals surface area contributed by atoms with Crippen molar-refractivity contribution in [3.8, 4) is 17.1 Å². The summed E-state index contributed by atoms with van der Waals surface area (Å²) in [5.74, 6) is 1.86. The second kappa shape index (κ2) is 7.01. The molecular formula is C21H23N7O2. The molecule has 30 heavy (non-hydrogen) atoms. The molecule has 154 valence electrons. The molecular weight excluding hydrogens is 382 g/mol.